The maximum Gasteiger partial charge on any atom is 0.314 e. The number of nitrogens with zero attached hydrogens (tertiary/aromatic N) is 3. The molecule has 2 N–H and O–H groups in total. The number of amides is 1. The number of nitrogens with two attached hydrogens (primary N) is 1. The maximum absolute atomic E-state index is 12.2. The lowest BCUT2D eigenvalue weighted by Crippen LogP contribution is -2.07. The van der Waals surface area contributed by atoms with Gasteiger partial charge < -0.3 is 5.73 Å². The topological polar surface area (TPSA) is 81.2 Å². The van der Waals surface area contributed by atoms with Crippen LogP contribution in [0.5, 0.6) is 0 Å². The Morgan fingerprint density at radius 1 is 1.26 bits per heavy atom. The molecule has 0 radical (unpaired) electrons. The third-order valence-electron chi connectivity index (χ3n) is 3.14. The van der Waals surface area contributed by atoms with E-state index in [-0.39, 0.29) is 5.82 Å². The fourth-order valence-corrected chi connectivity index (χ4v) is 2.10. The summed E-state index contributed by atoms with van der Waals surface area (Å²) >= 11 is 12.1. The predicted octanol–water partition coefficient (Wildman–Crippen LogP) is 3.91. The molecule has 1 amide bonds. The third-order valence-corrected chi connectivity index (χ3v) is 3.71. The number of aliphatic imine (C=N–C) groups is 1. The van der Waals surface area contributed by atoms with E-state index in [9.17, 15) is 4.79 Å². The Hall–Kier alpha value is -2.24. The minimum Gasteiger partial charge on any atom is -0.404 e. The lowest BCUT2D eigenvalue weighted by atomic mass is 10.1. The van der Waals surface area contributed by atoms with Gasteiger partial charge in [-0.1, -0.05) is 23.2 Å². The summed E-state index contributed by atoms with van der Waals surface area (Å²) in [6.07, 6.45) is 2.86. The molecule has 2 rings (SSSR count). The molecule has 0 atom stereocenters. The summed E-state index contributed by atoms with van der Waals surface area (Å²) in [5.41, 5.74) is 7.73. The summed E-state index contributed by atoms with van der Waals surface area (Å²) in [6, 6.07) is 6.67. The molecule has 0 unspecified atom stereocenters. The van der Waals surface area contributed by atoms with Gasteiger partial charge in [0.15, 0.2) is 0 Å². The summed E-state index contributed by atoms with van der Waals surface area (Å²) in [4.78, 5) is 24.3. The Bertz CT molecular complexity index is 815. The lowest BCUT2D eigenvalue weighted by molar-refractivity contribution is 0.0993. The van der Waals surface area contributed by atoms with E-state index in [2.05, 4.69) is 15.0 Å². The highest BCUT2D eigenvalue weighted by Crippen LogP contribution is 2.29. The van der Waals surface area contributed by atoms with Crippen molar-refractivity contribution >= 4 is 34.8 Å². The molecule has 0 fully saturated rings. The van der Waals surface area contributed by atoms with Crippen LogP contribution in [0.3, 0.4) is 0 Å². The summed E-state index contributed by atoms with van der Waals surface area (Å²) in [5.74, 6) is -0.577. The number of benzene rings is 1. The molecular formula is C16H14Cl2N4O. The molecular weight excluding hydrogens is 335 g/mol. The van der Waals surface area contributed by atoms with Crippen molar-refractivity contribution in [3.63, 3.8) is 0 Å². The van der Waals surface area contributed by atoms with E-state index in [1.807, 2.05) is 0 Å². The molecule has 118 valence electrons. The number of hydrogen-bond acceptors (Lipinski definition) is 4. The van der Waals surface area contributed by atoms with Crippen LogP contribution in [-0.4, -0.2) is 21.6 Å². The minimum absolute atomic E-state index is 0.0253. The van der Waals surface area contributed by atoms with E-state index in [0.29, 0.717) is 32.6 Å². The van der Waals surface area contributed by atoms with Crippen LogP contribution in [0.25, 0.3) is 11.3 Å². The van der Waals surface area contributed by atoms with Crippen LogP contribution in [0.4, 0.5) is 0 Å². The fourth-order valence-electron chi connectivity index (χ4n) is 1.72. The van der Waals surface area contributed by atoms with Gasteiger partial charge in [0.25, 0.3) is 0 Å². The largest absolute Gasteiger partial charge is 0.404 e. The summed E-state index contributed by atoms with van der Waals surface area (Å²) in [5, 5.41) is 1.00. The van der Waals surface area contributed by atoms with E-state index in [1.165, 1.54) is 12.4 Å². The third kappa shape index (κ3) is 4.15. The molecule has 1 aromatic carbocycles. The number of halogens is 2. The normalized spacial score (nSPS) is 12.3. The monoisotopic (exact) mass is 348 g/mol. The summed E-state index contributed by atoms with van der Waals surface area (Å²) in [7, 11) is 0. The maximum atomic E-state index is 12.2. The minimum atomic E-state index is -0.552. The van der Waals surface area contributed by atoms with Gasteiger partial charge >= 0.3 is 5.91 Å². The molecule has 23 heavy (non-hydrogen) atoms. The van der Waals surface area contributed by atoms with Crippen LogP contribution in [0.2, 0.25) is 10.0 Å². The highest BCUT2D eigenvalue weighted by atomic mass is 35.5. The first-order valence-corrected chi connectivity index (χ1v) is 7.45. The number of aromatic nitrogens is 2. The van der Waals surface area contributed by atoms with Crippen molar-refractivity contribution in [2.24, 2.45) is 10.7 Å². The zero-order valence-corrected chi connectivity index (χ0v) is 14.1. The van der Waals surface area contributed by atoms with E-state index >= 15 is 0 Å². The molecule has 0 saturated carbocycles. The van der Waals surface area contributed by atoms with Crippen molar-refractivity contribution in [2.75, 3.05) is 0 Å². The van der Waals surface area contributed by atoms with Crippen LogP contribution in [0.1, 0.15) is 24.5 Å². The van der Waals surface area contributed by atoms with Crippen LogP contribution in [-0.2, 0) is 0 Å². The Labute approximate surface area is 143 Å². The molecule has 0 aliphatic rings. The standard InChI is InChI=1S/C16H14Cl2N4O/c1-9(8-19)10(2)21-16(23)15-20-6-5-14(22-15)12-7-11(17)3-4-13(12)18/h3-8H,19H2,1-2H3/b9-8-,21-10?. The highest BCUT2D eigenvalue weighted by Gasteiger charge is 2.12. The second-order valence-corrected chi connectivity index (χ2v) is 5.59. The van der Waals surface area contributed by atoms with E-state index in [4.69, 9.17) is 28.9 Å². The Morgan fingerprint density at radius 2 is 2.00 bits per heavy atom. The molecule has 0 aliphatic heterocycles. The van der Waals surface area contributed by atoms with Gasteiger partial charge in [0.2, 0.25) is 5.82 Å². The first kappa shape index (κ1) is 17.1. The van der Waals surface area contributed by atoms with Gasteiger partial charge in [-0.05, 0) is 49.9 Å². The Balaban J connectivity index is 2.41. The molecule has 0 saturated heterocycles. The van der Waals surface area contributed by atoms with E-state index in [1.54, 1.807) is 38.1 Å². The Morgan fingerprint density at radius 3 is 2.70 bits per heavy atom. The van der Waals surface area contributed by atoms with Gasteiger partial charge in [-0.2, -0.15) is 0 Å². The van der Waals surface area contributed by atoms with Crippen LogP contribution < -0.4 is 5.73 Å². The first-order valence-electron chi connectivity index (χ1n) is 6.69. The number of carbonyl (C=O) groups excluding carboxylic acids is 1. The molecule has 0 spiro atoms. The van der Waals surface area contributed by atoms with Crippen molar-refractivity contribution in [1.82, 2.24) is 9.97 Å². The quantitative estimate of drug-likeness (QED) is 0.852. The average molecular weight is 349 g/mol. The lowest BCUT2D eigenvalue weighted by Gasteiger charge is -2.05. The van der Waals surface area contributed by atoms with Crippen LogP contribution in [0.15, 0.2) is 47.2 Å². The number of allylic oxidation sites excluding steroid dienone is 1. The molecule has 0 aliphatic carbocycles. The van der Waals surface area contributed by atoms with Gasteiger partial charge in [0.1, 0.15) is 0 Å². The number of rotatable bonds is 3. The van der Waals surface area contributed by atoms with Crippen molar-refractivity contribution < 1.29 is 4.79 Å². The molecule has 1 heterocycles. The van der Waals surface area contributed by atoms with Crippen LogP contribution in [0, 0.1) is 0 Å². The molecule has 2 aromatic rings. The number of carbonyl (C=O) groups is 1. The van der Waals surface area contributed by atoms with Gasteiger partial charge in [0, 0.05) is 22.5 Å². The van der Waals surface area contributed by atoms with Crippen LogP contribution >= 0.6 is 23.2 Å². The smallest absolute Gasteiger partial charge is 0.314 e. The number of hydrogen-bond donors (Lipinski definition) is 1. The van der Waals surface area contributed by atoms with Crippen molar-refractivity contribution in [3.8, 4) is 11.3 Å². The van der Waals surface area contributed by atoms with Crippen molar-refractivity contribution in [3.05, 3.63) is 58.1 Å². The average Bonchev–Trinajstić information content (AvgIpc) is 2.56. The fraction of sp³-hybridized carbons (Fsp3) is 0.125. The second kappa shape index (κ2) is 7.35. The van der Waals surface area contributed by atoms with E-state index < -0.39 is 5.91 Å². The van der Waals surface area contributed by atoms with E-state index in [0.717, 1.165) is 0 Å². The zero-order valence-electron chi connectivity index (χ0n) is 12.5. The summed E-state index contributed by atoms with van der Waals surface area (Å²) < 4.78 is 0. The predicted molar refractivity (Wildman–Crippen MR) is 92.9 cm³/mol. The SMILES string of the molecule is CC(=NC(=O)c1nccc(-c2cc(Cl)ccc2Cl)n1)/C(C)=C\N. The molecule has 5 nitrogen and oxygen atoms in total. The molecule has 7 heteroatoms. The Kier molecular flexibility index (Phi) is 5.47. The summed E-state index contributed by atoms with van der Waals surface area (Å²) in [6.45, 7) is 3.45. The van der Waals surface area contributed by atoms with Gasteiger partial charge in [0.05, 0.1) is 10.7 Å². The van der Waals surface area contributed by atoms with Gasteiger partial charge in [-0.3, -0.25) is 4.79 Å². The van der Waals surface area contributed by atoms with Gasteiger partial charge in [-0.15, -0.1) is 0 Å². The van der Waals surface area contributed by atoms with Gasteiger partial charge in [-0.25, -0.2) is 15.0 Å². The zero-order chi connectivity index (χ0) is 17.0. The molecule has 0 bridgehead atoms. The first-order chi connectivity index (χ1) is 10.9. The highest BCUT2D eigenvalue weighted by molar-refractivity contribution is 6.35. The second-order valence-electron chi connectivity index (χ2n) is 4.74. The van der Waals surface area contributed by atoms with Crippen molar-refractivity contribution in [2.45, 2.75) is 13.8 Å². The van der Waals surface area contributed by atoms with Crippen molar-refractivity contribution in [1.29, 1.82) is 0 Å². The molecule has 1 aromatic heterocycles.